The second kappa shape index (κ2) is 5.20. The Kier molecular flexibility index (Phi) is 3.91. The molecule has 1 saturated heterocycles. The van der Waals surface area contributed by atoms with Crippen LogP contribution in [0.2, 0.25) is 0 Å². The molecule has 0 aromatic carbocycles. The van der Waals surface area contributed by atoms with E-state index in [1.807, 2.05) is 25.1 Å². The molecule has 1 fully saturated rings. The van der Waals surface area contributed by atoms with Crippen molar-refractivity contribution < 1.29 is 4.79 Å². The second-order valence-corrected chi connectivity index (χ2v) is 6.78. The summed E-state index contributed by atoms with van der Waals surface area (Å²) in [6, 6.07) is -0.123. The quantitative estimate of drug-likeness (QED) is 0.853. The average molecular weight is 278 g/mol. The van der Waals surface area contributed by atoms with Gasteiger partial charge in [-0.15, -0.1) is 0 Å². The van der Waals surface area contributed by atoms with Gasteiger partial charge in [-0.2, -0.15) is 5.10 Å². The molecule has 0 aliphatic carbocycles. The highest BCUT2D eigenvalue weighted by Gasteiger charge is 2.40. The molecule has 2 unspecified atom stereocenters. The topological polar surface area (TPSA) is 64.2 Å². The van der Waals surface area contributed by atoms with E-state index in [0.717, 1.165) is 24.1 Å². The normalized spacial score (nSPS) is 24.9. The van der Waals surface area contributed by atoms with Crippen molar-refractivity contribution in [2.45, 2.75) is 64.6 Å². The maximum atomic E-state index is 12.6. The molecule has 1 aromatic rings. The van der Waals surface area contributed by atoms with E-state index in [4.69, 9.17) is 5.73 Å². The van der Waals surface area contributed by atoms with Crippen LogP contribution in [0, 0.1) is 6.92 Å². The number of hydrogen-bond donors (Lipinski definition) is 1. The third kappa shape index (κ3) is 2.73. The maximum absolute atomic E-state index is 12.6. The molecule has 20 heavy (non-hydrogen) atoms. The third-order valence-electron chi connectivity index (χ3n) is 3.97. The molecule has 5 heteroatoms. The molecule has 1 aromatic heterocycles. The minimum absolute atomic E-state index is 0.0384. The van der Waals surface area contributed by atoms with Crippen LogP contribution in [0.3, 0.4) is 0 Å². The fourth-order valence-corrected chi connectivity index (χ4v) is 3.18. The molecule has 2 N–H and O–H groups in total. The lowest BCUT2D eigenvalue weighted by atomic mass is 9.93. The SMILES string of the molecule is Cc1nn(C)cc1C1C(N)CCCC(=O)N1C(C)(C)C. The fraction of sp³-hybridized carbons (Fsp3) is 0.733. The zero-order valence-electron chi connectivity index (χ0n) is 13.2. The predicted molar refractivity (Wildman–Crippen MR) is 79.1 cm³/mol. The van der Waals surface area contributed by atoms with Crippen LogP contribution < -0.4 is 5.73 Å². The van der Waals surface area contributed by atoms with Crippen molar-refractivity contribution >= 4 is 5.91 Å². The predicted octanol–water partition coefficient (Wildman–Crippen LogP) is 1.91. The van der Waals surface area contributed by atoms with Crippen LogP contribution in [-0.4, -0.2) is 32.2 Å². The van der Waals surface area contributed by atoms with Crippen LogP contribution in [0.25, 0.3) is 0 Å². The highest BCUT2D eigenvalue weighted by atomic mass is 16.2. The minimum Gasteiger partial charge on any atom is -0.329 e. The summed E-state index contributed by atoms with van der Waals surface area (Å²) < 4.78 is 1.80. The summed E-state index contributed by atoms with van der Waals surface area (Å²) in [5, 5.41) is 4.42. The van der Waals surface area contributed by atoms with Gasteiger partial charge in [0.1, 0.15) is 0 Å². The van der Waals surface area contributed by atoms with E-state index in [9.17, 15) is 4.79 Å². The minimum atomic E-state index is -0.244. The Morgan fingerprint density at radius 1 is 1.40 bits per heavy atom. The third-order valence-corrected chi connectivity index (χ3v) is 3.97. The lowest BCUT2D eigenvalue weighted by molar-refractivity contribution is -0.139. The van der Waals surface area contributed by atoms with Crippen LogP contribution in [0.4, 0.5) is 0 Å². The molecule has 0 saturated carbocycles. The van der Waals surface area contributed by atoms with Gasteiger partial charge in [-0.1, -0.05) is 0 Å². The van der Waals surface area contributed by atoms with Gasteiger partial charge in [0.15, 0.2) is 0 Å². The number of aryl methyl sites for hydroxylation is 2. The van der Waals surface area contributed by atoms with Gasteiger partial charge in [-0.05, 0) is 40.5 Å². The number of nitrogens with zero attached hydrogens (tertiary/aromatic N) is 3. The lowest BCUT2D eigenvalue weighted by Crippen LogP contribution is -2.51. The number of carbonyl (C=O) groups is 1. The molecular formula is C15H26N4O. The van der Waals surface area contributed by atoms with Crippen molar-refractivity contribution in [1.82, 2.24) is 14.7 Å². The molecule has 2 heterocycles. The Labute approximate surface area is 121 Å². The summed E-state index contributed by atoms with van der Waals surface area (Å²) in [6.45, 7) is 8.20. The molecule has 112 valence electrons. The molecule has 1 aliphatic heterocycles. The first kappa shape index (κ1) is 15.0. The Balaban J connectivity index is 2.52. The molecule has 1 aliphatic rings. The number of amides is 1. The lowest BCUT2D eigenvalue weighted by Gasteiger charge is -2.43. The maximum Gasteiger partial charge on any atom is 0.223 e. The van der Waals surface area contributed by atoms with Gasteiger partial charge >= 0.3 is 0 Å². The summed E-state index contributed by atoms with van der Waals surface area (Å²) in [5.74, 6) is 0.193. The van der Waals surface area contributed by atoms with Crippen LogP contribution in [0.5, 0.6) is 0 Å². The summed E-state index contributed by atoms with van der Waals surface area (Å²) >= 11 is 0. The van der Waals surface area contributed by atoms with Crippen molar-refractivity contribution in [3.8, 4) is 0 Å². The highest BCUT2D eigenvalue weighted by molar-refractivity contribution is 5.78. The van der Waals surface area contributed by atoms with Crippen LogP contribution in [0.15, 0.2) is 6.20 Å². The zero-order valence-corrected chi connectivity index (χ0v) is 13.2. The molecule has 0 radical (unpaired) electrons. The molecule has 5 nitrogen and oxygen atoms in total. The van der Waals surface area contributed by atoms with Crippen molar-refractivity contribution in [2.24, 2.45) is 12.8 Å². The summed E-state index contributed by atoms with van der Waals surface area (Å²) in [5.41, 5.74) is 8.19. The Hall–Kier alpha value is -1.36. The molecule has 0 spiro atoms. The standard InChI is InChI=1S/C15H26N4O/c1-10-11(9-18(5)17-10)14-12(16)7-6-8-13(20)19(14)15(2,3)4/h9,12,14H,6-8,16H2,1-5H3. The van der Waals surface area contributed by atoms with E-state index in [1.165, 1.54) is 0 Å². The zero-order chi connectivity index (χ0) is 15.1. The van der Waals surface area contributed by atoms with E-state index in [2.05, 4.69) is 25.9 Å². The number of likely N-dealkylation sites (tertiary alicyclic amines) is 1. The molecule has 0 bridgehead atoms. The molecular weight excluding hydrogens is 252 g/mol. The van der Waals surface area contributed by atoms with E-state index >= 15 is 0 Å². The number of rotatable bonds is 1. The van der Waals surface area contributed by atoms with Gasteiger partial charge in [0.25, 0.3) is 0 Å². The van der Waals surface area contributed by atoms with Crippen molar-refractivity contribution in [2.75, 3.05) is 0 Å². The van der Waals surface area contributed by atoms with Crippen LogP contribution in [-0.2, 0) is 11.8 Å². The number of nitrogens with two attached hydrogens (primary N) is 1. The van der Waals surface area contributed by atoms with Gasteiger partial charge in [0.2, 0.25) is 5.91 Å². The van der Waals surface area contributed by atoms with Crippen LogP contribution >= 0.6 is 0 Å². The van der Waals surface area contributed by atoms with Gasteiger partial charge in [0, 0.05) is 36.8 Å². The first-order valence-electron chi connectivity index (χ1n) is 7.29. The molecule has 1 amide bonds. The number of hydrogen-bond acceptors (Lipinski definition) is 3. The van der Waals surface area contributed by atoms with E-state index in [0.29, 0.717) is 6.42 Å². The smallest absolute Gasteiger partial charge is 0.223 e. The molecule has 2 rings (SSSR count). The highest BCUT2D eigenvalue weighted by Crippen LogP contribution is 2.36. The Morgan fingerprint density at radius 2 is 2.05 bits per heavy atom. The summed E-state index contributed by atoms with van der Waals surface area (Å²) in [6.07, 6.45) is 4.32. The van der Waals surface area contributed by atoms with Crippen LogP contribution in [0.1, 0.15) is 57.3 Å². The van der Waals surface area contributed by atoms with E-state index in [1.54, 1.807) is 4.68 Å². The summed E-state index contributed by atoms with van der Waals surface area (Å²) in [7, 11) is 1.90. The van der Waals surface area contributed by atoms with E-state index < -0.39 is 0 Å². The monoisotopic (exact) mass is 278 g/mol. The molecule has 2 atom stereocenters. The van der Waals surface area contributed by atoms with Crippen molar-refractivity contribution in [3.63, 3.8) is 0 Å². The first-order chi connectivity index (χ1) is 9.21. The Morgan fingerprint density at radius 3 is 2.55 bits per heavy atom. The van der Waals surface area contributed by atoms with Gasteiger partial charge in [0.05, 0.1) is 11.7 Å². The largest absolute Gasteiger partial charge is 0.329 e. The van der Waals surface area contributed by atoms with Crippen molar-refractivity contribution in [3.05, 3.63) is 17.5 Å². The second-order valence-electron chi connectivity index (χ2n) is 6.78. The average Bonchev–Trinajstić information content (AvgIpc) is 2.53. The summed E-state index contributed by atoms with van der Waals surface area (Å²) in [4.78, 5) is 14.5. The first-order valence-corrected chi connectivity index (χ1v) is 7.29. The van der Waals surface area contributed by atoms with E-state index in [-0.39, 0.29) is 23.5 Å². The fourth-order valence-electron chi connectivity index (χ4n) is 3.18. The number of carbonyl (C=O) groups excluding carboxylic acids is 1. The number of aromatic nitrogens is 2. The van der Waals surface area contributed by atoms with Gasteiger partial charge in [-0.25, -0.2) is 0 Å². The van der Waals surface area contributed by atoms with Gasteiger partial charge < -0.3 is 10.6 Å². The Bertz CT molecular complexity index is 500. The van der Waals surface area contributed by atoms with Gasteiger partial charge in [-0.3, -0.25) is 9.48 Å². The van der Waals surface area contributed by atoms with Crippen molar-refractivity contribution in [1.29, 1.82) is 0 Å².